The molecule has 0 bridgehead atoms. The number of anilines is 1. The molecule has 1 aliphatic heterocycles. The highest BCUT2D eigenvalue weighted by Crippen LogP contribution is 2.25. The van der Waals surface area contributed by atoms with Crippen LogP contribution in [-0.2, 0) is 0 Å². The van der Waals surface area contributed by atoms with Crippen LogP contribution >= 0.6 is 0 Å². The van der Waals surface area contributed by atoms with Gasteiger partial charge in [0, 0.05) is 18.0 Å². The van der Waals surface area contributed by atoms with E-state index >= 15 is 0 Å². The van der Waals surface area contributed by atoms with Gasteiger partial charge in [-0.25, -0.2) is 0 Å². The lowest BCUT2D eigenvalue weighted by Gasteiger charge is -2.25. The maximum atomic E-state index is 9.20. The van der Waals surface area contributed by atoms with E-state index in [1.807, 2.05) is 24.3 Å². The van der Waals surface area contributed by atoms with E-state index in [9.17, 15) is 5.26 Å². The predicted octanol–water partition coefficient (Wildman–Crippen LogP) is 1.67. The van der Waals surface area contributed by atoms with E-state index in [1.54, 1.807) is 0 Å². The Balaban J connectivity index is 2.02. The standard InChI is InChI=1S/C14H15N5/c15-8-13-14(17-10-4-3-7-16-9-10)11-5-1-2-6-12(11)18-19-13/h1-2,5-6,10,16H,3-4,7,9H2,(H,17,18). The van der Waals surface area contributed by atoms with Gasteiger partial charge in [-0.1, -0.05) is 18.2 Å². The average molecular weight is 253 g/mol. The van der Waals surface area contributed by atoms with Gasteiger partial charge in [0.25, 0.3) is 0 Å². The molecule has 1 atom stereocenters. The topological polar surface area (TPSA) is 73.6 Å². The van der Waals surface area contributed by atoms with Gasteiger partial charge in [0.2, 0.25) is 0 Å². The van der Waals surface area contributed by atoms with Gasteiger partial charge < -0.3 is 10.6 Å². The van der Waals surface area contributed by atoms with E-state index in [-0.39, 0.29) is 0 Å². The maximum Gasteiger partial charge on any atom is 0.186 e. The van der Waals surface area contributed by atoms with Crippen molar-refractivity contribution in [2.45, 2.75) is 18.9 Å². The summed E-state index contributed by atoms with van der Waals surface area (Å²) in [5.74, 6) is 0. The Hall–Kier alpha value is -2.19. The number of nitrogens with zero attached hydrogens (tertiary/aromatic N) is 3. The van der Waals surface area contributed by atoms with Crippen molar-refractivity contribution in [2.75, 3.05) is 18.4 Å². The van der Waals surface area contributed by atoms with E-state index in [4.69, 9.17) is 0 Å². The summed E-state index contributed by atoms with van der Waals surface area (Å²) in [7, 11) is 0. The van der Waals surface area contributed by atoms with Gasteiger partial charge in [-0.15, -0.1) is 10.2 Å². The van der Waals surface area contributed by atoms with Crippen molar-refractivity contribution in [1.82, 2.24) is 15.5 Å². The van der Waals surface area contributed by atoms with Crippen LogP contribution in [-0.4, -0.2) is 29.3 Å². The Morgan fingerprint density at radius 2 is 2.21 bits per heavy atom. The first-order valence-electron chi connectivity index (χ1n) is 6.51. The van der Waals surface area contributed by atoms with Crippen LogP contribution in [0, 0.1) is 11.3 Å². The first-order valence-corrected chi connectivity index (χ1v) is 6.51. The van der Waals surface area contributed by atoms with Crippen LogP contribution in [0.3, 0.4) is 0 Å². The van der Waals surface area contributed by atoms with Crippen molar-refractivity contribution in [1.29, 1.82) is 5.26 Å². The Morgan fingerprint density at radius 1 is 1.32 bits per heavy atom. The fourth-order valence-corrected chi connectivity index (χ4v) is 2.46. The zero-order chi connectivity index (χ0) is 13.1. The zero-order valence-electron chi connectivity index (χ0n) is 10.6. The quantitative estimate of drug-likeness (QED) is 0.851. The van der Waals surface area contributed by atoms with E-state index in [2.05, 4.69) is 26.9 Å². The van der Waals surface area contributed by atoms with Gasteiger partial charge in [-0.2, -0.15) is 5.26 Å². The molecule has 5 heteroatoms. The van der Waals surface area contributed by atoms with Crippen molar-refractivity contribution < 1.29 is 0 Å². The number of hydrogen-bond acceptors (Lipinski definition) is 5. The highest BCUT2D eigenvalue weighted by Gasteiger charge is 2.17. The van der Waals surface area contributed by atoms with Crippen LogP contribution < -0.4 is 10.6 Å². The minimum Gasteiger partial charge on any atom is -0.378 e. The summed E-state index contributed by atoms with van der Waals surface area (Å²) in [6.07, 6.45) is 2.25. The lowest BCUT2D eigenvalue weighted by atomic mass is 10.1. The molecule has 1 fully saturated rings. The number of nitriles is 1. The molecule has 1 aliphatic rings. The van der Waals surface area contributed by atoms with Crippen molar-refractivity contribution in [3.63, 3.8) is 0 Å². The molecule has 0 spiro atoms. The zero-order valence-corrected chi connectivity index (χ0v) is 10.6. The molecular weight excluding hydrogens is 238 g/mol. The first kappa shape index (κ1) is 11.9. The van der Waals surface area contributed by atoms with Gasteiger partial charge in [0.1, 0.15) is 6.07 Å². The van der Waals surface area contributed by atoms with Crippen LogP contribution in [0.5, 0.6) is 0 Å². The molecule has 0 amide bonds. The normalized spacial score (nSPS) is 19.0. The Morgan fingerprint density at radius 3 is 3.00 bits per heavy atom. The molecule has 0 saturated carbocycles. The molecule has 96 valence electrons. The van der Waals surface area contributed by atoms with E-state index in [0.717, 1.165) is 42.5 Å². The fourth-order valence-electron chi connectivity index (χ4n) is 2.46. The molecule has 2 heterocycles. The molecule has 1 aromatic carbocycles. The van der Waals surface area contributed by atoms with Crippen molar-refractivity contribution in [2.24, 2.45) is 0 Å². The molecule has 5 nitrogen and oxygen atoms in total. The number of piperidine rings is 1. The number of benzene rings is 1. The van der Waals surface area contributed by atoms with Crippen molar-refractivity contribution in [3.05, 3.63) is 30.0 Å². The van der Waals surface area contributed by atoms with Crippen LogP contribution in [0.4, 0.5) is 5.69 Å². The van der Waals surface area contributed by atoms with Crippen molar-refractivity contribution in [3.8, 4) is 6.07 Å². The summed E-state index contributed by atoms with van der Waals surface area (Å²) in [5.41, 5.74) is 1.99. The summed E-state index contributed by atoms with van der Waals surface area (Å²) in [6, 6.07) is 10.2. The Bertz CT molecular complexity index is 625. The number of nitrogens with one attached hydrogen (secondary N) is 2. The van der Waals surface area contributed by atoms with Crippen LogP contribution in [0.1, 0.15) is 18.5 Å². The second kappa shape index (κ2) is 5.21. The highest BCUT2D eigenvalue weighted by atomic mass is 15.1. The fraction of sp³-hybridized carbons (Fsp3) is 0.357. The van der Waals surface area contributed by atoms with Gasteiger partial charge in [-0.3, -0.25) is 0 Å². The second-order valence-corrected chi connectivity index (χ2v) is 4.74. The third kappa shape index (κ3) is 2.35. The number of hydrogen-bond donors (Lipinski definition) is 2. The SMILES string of the molecule is N#Cc1nnc2ccccc2c1NC1CCCNC1. The smallest absolute Gasteiger partial charge is 0.186 e. The molecule has 0 radical (unpaired) electrons. The molecule has 3 rings (SSSR count). The second-order valence-electron chi connectivity index (χ2n) is 4.74. The minimum atomic E-state index is 0.341. The van der Waals surface area contributed by atoms with Gasteiger partial charge in [0.05, 0.1) is 11.2 Å². The summed E-state index contributed by atoms with van der Waals surface area (Å²) < 4.78 is 0. The van der Waals surface area contributed by atoms with Crippen LogP contribution in [0.15, 0.2) is 24.3 Å². The molecule has 2 aromatic rings. The Labute approximate surface area is 111 Å². The van der Waals surface area contributed by atoms with E-state index in [1.165, 1.54) is 0 Å². The number of fused-ring (bicyclic) bond motifs is 1. The molecular formula is C14H15N5. The maximum absolute atomic E-state index is 9.20. The lowest BCUT2D eigenvalue weighted by Crippen LogP contribution is -2.38. The third-order valence-corrected chi connectivity index (χ3v) is 3.42. The third-order valence-electron chi connectivity index (χ3n) is 3.42. The number of aromatic nitrogens is 2. The lowest BCUT2D eigenvalue weighted by molar-refractivity contribution is 0.480. The summed E-state index contributed by atoms with van der Waals surface area (Å²) in [4.78, 5) is 0. The summed E-state index contributed by atoms with van der Waals surface area (Å²) in [6.45, 7) is 1.99. The molecule has 1 aromatic heterocycles. The average Bonchev–Trinajstić information content (AvgIpc) is 2.49. The molecule has 0 aliphatic carbocycles. The van der Waals surface area contributed by atoms with Crippen LogP contribution in [0.25, 0.3) is 10.9 Å². The first-order chi connectivity index (χ1) is 9.38. The molecule has 1 saturated heterocycles. The molecule has 2 N–H and O–H groups in total. The summed E-state index contributed by atoms with van der Waals surface area (Å²) >= 11 is 0. The van der Waals surface area contributed by atoms with Gasteiger partial charge >= 0.3 is 0 Å². The van der Waals surface area contributed by atoms with Crippen molar-refractivity contribution >= 4 is 16.6 Å². The monoisotopic (exact) mass is 253 g/mol. The molecule has 1 unspecified atom stereocenters. The molecule has 19 heavy (non-hydrogen) atoms. The Kier molecular flexibility index (Phi) is 3.25. The van der Waals surface area contributed by atoms with Crippen LogP contribution in [0.2, 0.25) is 0 Å². The number of rotatable bonds is 2. The van der Waals surface area contributed by atoms with Gasteiger partial charge in [0.15, 0.2) is 5.69 Å². The van der Waals surface area contributed by atoms with E-state index < -0.39 is 0 Å². The predicted molar refractivity (Wildman–Crippen MR) is 73.8 cm³/mol. The summed E-state index contributed by atoms with van der Waals surface area (Å²) in [5, 5.41) is 25.0. The minimum absolute atomic E-state index is 0.341. The largest absolute Gasteiger partial charge is 0.378 e. The van der Waals surface area contributed by atoms with E-state index in [0.29, 0.717) is 11.7 Å². The van der Waals surface area contributed by atoms with Gasteiger partial charge in [-0.05, 0) is 25.5 Å². The highest BCUT2D eigenvalue weighted by molar-refractivity contribution is 5.92.